The highest BCUT2D eigenvalue weighted by Gasteiger charge is 2.13. The molecule has 0 radical (unpaired) electrons. The first-order valence-corrected chi connectivity index (χ1v) is 5.39. The Balaban J connectivity index is 2.25. The van der Waals surface area contributed by atoms with Crippen molar-refractivity contribution in [2.75, 3.05) is 39.8 Å². The molecule has 1 rings (SSSR count). The lowest BCUT2D eigenvalue weighted by Crippen LogP contribution is -2.39. The van der Waals surface area contributed by atoms with Gasteiger partial charge in [0.25, 0.3) is 0 Å². The van der Waals surface area contributed by atoms with Crippen LogP contribution in [0.3, 0.4) is 0 Å². The molecule has 0 spiro atoms. The highest BCUT2D eigenvalue weighted by molar-refractivity contribution is 4.71. The van der Waals surface area contributed by atoms with Gasteiger partial charge in [-0.25, -0.2) is 0 Å². The number of nitrogens with zero attached hydrogens (tertiary/aromatic N) is 2. The molecule has 1 aliphatic heterocycles. The van der Waals surface area contributed by atoms with E-state index in [1.54, 1.807) is 0 Å². The van der Waals surface area contributed by atoms with E-state index in [1.807, 2.05) is 0 Å². The van der Waals surface area contributed by atoms with Gasteiger partial charge in [-0.1, -0.05) is 6.92 Å². The summed E-state index contributed by atoms with van der Waals surface area (Å²) in [6, 6.07) is 0.364. The van der Waals surface area contributed by atoms with Gasteiger partial charge in [-0.3, -0.25) is 0 Å². The van der Waals surface area contributed by atoms with Crippen molar-refractivity contribution in [2.45, 2.75) is 25.8 Å². The summed E-state index contributed by atoms with van der Waals surface area (Å²) in [5, 5.41) is 0. The largest absolute Gasteiger partial charge is 0.327 e. The standard InChI is InChI=1S/C10H23N3/c1-3-10(11)9-13-6-4-5-12(2)7-8-13/h10H,3-9,11H2,1-2H3/t10-/m1/s1. The maximum Gasteiger partial charge on any atom is 0.0165 e. The van der Waals surface area contributed by atoms with Crippen molar-refractivity contribution in [3.05, 3.63) is 0 Å². The van der Waals surface area contributed by atoms with Gasteiger partial charge in [-0.2, -0.15) is 0 Å². The molecule has 0 aromatic carbocycles. The Kier molecular flexibility index (Phi) is 4.70. The Bertz CT molecular complexity index is 138. The van der Waals surface area contributed by atoms with Crippen LogP contribution in [0.15, 0.2) is 0 Å². The van der Waals surface area contributed by atoms with Crippen molar-refractivity contribution >= 4 is 0 Å². The van der Waals surface area contributed by atoms with Gasteiger partial charge in [-0.15, -0.1) is 0 Å². The monoisotopic (exact) mass is 185 g/mol. The third-order valence-corrected chi connectivity index (χ3v) is 2.83. The molecular weight excluding hydrogens is 162 g/mol. The summed E-state index contributed by atoms with van der Waals surface area (Å²) in [6.07, 6.45) is 2.37. The predicted molar refractivity (Wildman–Crippen MR) is 56.8 cm³/mol. The minimum atomic E-state index is 0.364. The van der Waals surface area contributed by atoms with Gasteiger partial charge in [0.15, 0.2) is 0 Å². The molecule has 0 amide bonds. The van der Waals surface area contributed by atoms with Crippen LogP contribution in [0.25, 0.3) is 0 Å². The number of hydrogen-bond acceptors (Lipinski definition) is 3. The minimum Gasteiger partial charge on any atom is -0.327 e. The van der Waals surface area contributed by atoms with Crippen molar-refractivity contribution in [3.8, 4) is 0 Å². The van der Waals surface area contributed by atoms with Crippen LogP contribution in [-0.2, 0) is 0 Å². The van der Waals surface area contributed by atoms with Gasteiger partial charge in [0.2, 0.25) is 0 Å². The van der Waals surface area contributed by atoms with Gasteiger partial charge < -0.3 is 15.5 Å². The second-order valence-corrected chi connectivity index (χ2v) is 4.13. The normalized spacial score (nSPS) is 24.2. The molecule has 78 valence electrons. The lowest BCUT2D eigenvalue weighted by atomic mass is 10.2. The van der Waals surface area contributed by atoms with E-state index in [4.69, 9.17) is 5.73 Å². The SMILES string of the molecule is CC[C@@H](N)CN1CCCN(C)CC1. The van der Waals surface area contributed by atoms with E-state index in [0.29, 0.717) is 6.04 Å². The van der Waals surface area contributed by atoms with E-state index in [2.05, 4.69) is 23.8 Å². The summed E-state index contributed by atoms with van der Waals surface area (Å²) in [7, 11) is 2.20. The zero-order chi connectivity index (χ0) is 9.68. The van der Waals surface area contributed by atoms with E-state index in [-0.39, 0.29) is 0 Å². The first kappa shape index (κ1) is 11.0. The van der Waals surface area contributed by atoms with Crippen LogP contribution in [-0.4, -0.2) is 55.6 Å². The van der Waals surface area contributed by atoms with Crippen LogP contribution < -0.4 is 5.73 Å². The maximum atomic E-state index is 5.93. The second kappa shape index (κ2) is 5.58. The van der Waals surface area contributed by atoms with Crippen LogP contribution in [0.4, 0.5) is 0 Å². The molecule has 2 N–H and O–H groups in total. The minimum absolute atomic E-state index is 0.364. The van der Waals surface area contributed by atoms with Crippen LogP contribution in [0, 0.1) is 0 Å². The Hall–Kier alpha value is -0.120. The summed E-state index contributed by atoms with van der Waals surface area (Å²) in [4.78, 5) is 4.90. The summed E-state index contributed by atoms with van der Waals surface area (Å²) >= 11 is 0. The van der Waals surface area contributed by atoms with E-state index in [9.17, 15) is 0 Å². The molecule has 0 aromatic rings. The third-order valence-electron chi connectivity index (χ3n) is 2.83. The fourth-order valence-electron chi connectivity index (χ4n) is 1.74. The van der Waals surface area contributed by atoms with Crippen molar-refractivity contribution in [1.29, 1.82) is 0 Å². The molecule has 0 aromatic heterocycles. The van der Waals surface area contributed by atoms with Crippen LogP contribution in [0.5, 0.6) is 0 Å². The molecule has 3 heteroatoms. The molecule has 13 heavy (non-hydrogen) atoms. The lowest BCUT2D eigenvalue weighted by Gasteiger charge is -2.23. The number of nitrogens with two attached hydrogens (primary N) is 1. The predicted octanol–water partition coefficient (Wildman–Crippen LogP) is 0.361. The number of hydrogen-bond donors (Lipinski definition) is 1. The Morgan fingerprint density at radius 3 is 2.69 bits per heavy atom. The first-order valence-electron chi connectivity index (χ1n) is 5.39. The molecule has 1 saturated heterocycles. The highest BCUT2D eigenvalue weighted by Crippen LogP contribution is 2.02. The Labute approximate surface area is 81.9 Å². The first-order chi connectivity index (χ1) is 6.22. The molecule has 1 atom stereocenters. The molecule has 1 aliphatic rings. The topological polar surface area (TPSA) is 32.5 Å². The number of rotatable bonds is 3. The summed E-state index contributed by atoms with van der Waals surface area (Å²) in [5.74, 6) is 0. The maximum absolute atomic E-state index is 5.93. The van der Waals surface area contributed by atoms with Crippen molar-refractivity contribution < 1.29 is 0 Å². The average molecular weight is 185 g/mol. The fraction of sp³-hybridized carbons (Fsp3) is 1.00. The van der Waals surface area contributed by atoms with Crippen molar-refractivity contribution in [3.63, 3.8) is 0 Å². The van der Waals surface area contributed by atoms with E-state index in [0.717, 1.165) is 13.0 Å². The molecule has 0 bridgehead atoms. The van der Waals surface area contributed by atoms with Crippen molar-refractivity contribution in [1.82, 2.24) is 9.80 Å². The van der Waals surface area contributed by atoms with Gasteiger partial charge in [0.05, 0.1) is 0 Å². The molecular formula is C10H23N3. The number of likely N-dealkylation sites (N-methyl/N-ethyl adjacent to an activating group) is 1. The summed E-state index contributed by atoms with van der Waals surface area (Å²) in [5.41, 5.74) is 5.93. The Morgan fingerprint density at radius 1 is 1.23 bits per heavy atom. The zero-order valence-corrected chi connectivity index (χ0v) is 9.00. The van der Waals surface area contributed by atoms with E-state index in [1.165, 1.54) is 32.6 Å². The van der Waals surface area contributed by atoms with Crippen LogP contribution in [0.1, 0.15) is 19.8 Å². The van der Waals surface area contributed by atoms with Gasteiger partial charge in [0, 0.05) is 25.7 Å². The quantitative estimate of drug-likeness (QED) is 0.689. The molecule has 0 saturated carbocycles. The zero-order valence-electron chi connectivity index (χ0n) is 9.00. The lowest BCUT2D eigenvalue weighted by molar-refractivity contribution is 0.259. The van der Waals surface area contributed by atoms with E-state index < -0.39 is 0 Å². The smallest absolute Gasteiger partial charge is 0.0165 e. The average Bonchev–Trinajstić information content (AvgIpc) is 2.31. The third kappa shape index (κ3) is 4.07. The molecule has 1 heterocycles. The molecule has 0 unspecified atom stereocenters. The molecule has 1 fully saturated rings. The highest BCUT2D eigenvalue weighted by atomic mass is 15.2. The molecule has 0 aliphatic carbocycles. The van der Waals surface area contributed by atoms with E-state index >= 15 is 0 Å². The fourth-order valence-corrected chi connectivity index (χ4v) is 1.74. The second-order valence-electron chi connectivity index (χ2n) is 4.13. The molecule has 3 nitrogen and oxygen atoms in total. The van der Waals surface area contributed by atoms with Gasteiger partial charge in [0.1, 0.15) is 0 Å². The van der Waals surface area contributed by atoms with Crippen LogP contribution in [0.2, 0.25) is 0 Å². The van der Waals surface area contributed by atoms with Crippen molar-refractivity contribution in [2.24, 2.45) is 5.73 Å². The Morgan fingerprint density at radius 2 is 2.00 bits per heavy atom. The summed E-state index contributed by atoms with van der Waals surface area (Å²) < 4.78 is 0. The van der Waals surface area contributed by atoms with Gasteiger partial charge >= 0.3 is 0 Å². The summed E-state index contributed by atoms with van der Waals surface area (Å²) in [6.45, 7) is 8.06. The van der Waals surface area contributed by atoms with Crippen LogP contribution >= 0.6 is 0 Å². The van der Waals surface area contributed by atoms with Gasteiger partial charge in [-0.05, 0) is 33.0 Å².